The monoisotopic (exact) mass is 255 g/mol. The van der Waals surface area contributed by atoms with E-state index in [4.69, 9.17) is 4.42 Å². The number of nitrogens with zero attached hydrogens (tertiary/aromatic N) is 1. The predicted molar refractivity (Wildman–Crippen MR) is 74.8 cm³/mol. The Morgan fingerprint density at radius 3 is 2.89 bits per heavy atom. The minimum absolute atomic E-state index is 0.653. The molecule has 3 aromatic rings. The lowest BCUT2D eigenvalue weighted by molar-refractivity contribution is 0.448. The minimum Gasteiger partial charge on any atom is -0.444 e. The van der Waals surface area contributed by atoms with Gasteiger partial charge in [-0.05, 0) is 43.0 Å². The molecule has 0 unspecified atom stereocenters. The van der Waals surface area contributed by atoms with Crippen molar-refractivity contribution in [2.75, 3.05) is 0 Å². The van der Waals surface area contributed by atoms with E-state index in [1.54, 1.807) is 0 Å². The predicted octanol–water partition coefficient (Wildman–Crippen LogP) is 3.06. The normalized spacial score (nSPS) is 11.3. The van der Waals surface area contributed by atoms with Gasteiger partial charge in [0.2, 0.25) is 5.89 Å². The molecule has 98 valence electrons. The van der Waals surface area contributed by atoms with Crippen molar-refractivity contribution in [1.82, 2.24) is 15.3 Å². The van der Waals surface area contributed by atoms with Crippen LogP contribution in [0, 0.1) is 13.8 Å². The number of H-pyrrole nitrogens is 1. The molecule has 0 amide bonds. The van der Waals surface area contributed by atoms with E-state index in [1.807, 2.05) is 20.0 Å². The van der Waals surface area contributed by atoms with Crippen LogP contribution < -0.4 is 5.32 Å². The molecular weight excluding hydrogens is 238 g/mol. The second-order valence-electron chi connectivity index (χ2n) is 4.75. The van der Waals surface area contributed by atoms with Crippen molar-refractivity contribution in [2.45, 2.75) is 26.9 Å². The Bertz CT molecular complexity index is 677. The molecule has 0 spiro atoms. The molecule has 1 aromatic carbocycles. The summed E-state index contributed by atoms with van der Waals surface area (Å²) in [5, 5.41) is 4.59. The standard InChI is InChI=1S/C15H17N3O/c1-10-11(2)19-15(18-10)9-16-8-12-3-4-14-13(7-12)5-6-17-14/h3-7,16-17H,8-9H2,1-2H3. The number of fused-ring (bicyclic) bond motifs is 1. The molecule has 19 heavy (non-hydrogen) atoms. The van der Waals surface area contributed by atoms with Gasteiger partial charge in [-0.25, -0.2) is 4.98 Å². The van der Waals surface area contributed by atoms with Gasteiger partial charge in [0.1, 0.15) is 5.76 Å². The molecule has 4 nitrogen and oxygen atoms in total. The molecule has 0 saturated heterocycles. The lowest BCUT2D eigenvalue weighted by Gasteiger charge is -2.03. The Morgan fingerprint density at radius 2 is 2.11 bits per heavy atom. The number of aryl methyl sites for hydroxylation is 2. The van der Waals surface area contributed by atoms with Crippen LogP contribution in [0.15, 0.2) is 34.9 Å². The lowest BCUT2D eigenvalue weighted by Crippen LogP contribution is -2.12. The first-order valence-electron chi connectivity index (χ1n) is 6.42. The summed E-state index contributed by atoms with van der Waals surface area (Å²) >= 11 is 0. The van der Waals surface area contributed by atoms with Gasteiger partial charge in [-0.2, -0.15) is 0 Å². The molecule has 0 radical (unpaired) electrons. The number of rotatable bonds is 4. The highest BCUT2D eigenvalue weighted by atomic mass is 16.4. The number of hydrogen-bond donors (Lipinski definition) is 2. The second kappa shape index (κ2) is 4.90. The summed E-state index contributed by atoms with van der Waals surface area (Å²) in [6, 6.07) is 8.49. The van der Waals surface area contributed by atoms with Crippen LogP contribution in [0.2, 0.25) is 0 Å². The van der Waals surface area contributed by atoms with Gasteiger partial charge in [-0.1, -0.05) is 6.07 Å². The smallest absolute Gasteiger partial charge is 0.208 e. The van der Waals surface area contributed by atoms with Gasteiger partial charge in [0.15, 0.2) is 0 Å². The fourth-order valence-corrected chi connectivity index (χ4v) is 2.14. The van der Waals surface area contributed by atoms with Crippen molar-refractivity contribution in [3.63, 3.8) is 0 Å². The fraction of sp³-hybridized carbons (Fsp3) is 0.267. The topological polar surface area (TPSA) is 53.9 Å². The van der Waals surface area contributed by atoms with Crippen LogP contribution in [0.3, 0.4) is 0 Å². The van der Waals surface area contributed by atoms with Crippen LogP contribution in [0.4, 0.5) is 0 Å². The van der Waals surface area contributed by atoms with Crippen LogP contribution in [-0.2, 0) is 13.1 Å². The van der Waals surface area contributed by atoms with E-state index >= 15 is 0 Å². The summed E-state index contributed by atoms with van der Waals surface area (Å²) < 4.78 is 5.53. The molecule has 3 rings (SSSR count). The SMILES string of the molecule is Cc1nc(CNCc2ccc3[nH]ccc3c2)oc1C. The Kier molecular flexibility index (Phi) is 3.09. The molecule has 0 atom stereocenters. The third-order valence-electron chi connectivity index (χ3n) is 3.30. The maximum Gasteiger partial charge on any atom is 0.208 e. The third-order valence-corrected chi connectivity index (χ3v) is 3.30. The number of benzene rings is 1. The van der Waals surface area contributed by atoms with E-state index in [0.717, 1.165) is 23.9 Å². The Morgan fingerprint density at radius 1 is 1.21 bits per heavy atom. The summed E-state index contributed by atoms with van der Waals surface area (Å²) in [6.45, 7) is 5.36. The maximum atomic E-state index is 5.53. The Labute approximate surface area is 111 Å². The fourth-order valence-electron chi connectivity index (χ4n) is 2.14. The van der Waals surface area contributed by atoms with Gasteiger partial charge < -0.3 is 14.7 Å². The Hall–Kier alpha value is -2.07. The van der Waals surface area contributed by atoms with Crippen molar-refractivity contribution >= 4 is 10.9 Å². The molecule has 0 aliphatic heterocycles. The first-order chi connectivity index (χ1) is 9.22. The van der Waals surface area contributed by atoms with Gasteiger partial charge in [0, 0.05) is 18.3 Å². The van der Waals surface area contributed by atoms with E-state index in [1.165, 1.54) is 16.5 Å². The van der Waals surface area contributed by atoms with Crippen molar-refractivity contribution in [3.05, 3.63) is 53.4 Å². The van der Waals surface area contributed by atoms with E-state index < -0.39 is 0 Å². The van der Waals surface area contributed by atoms with Gasteiger partial charge in [-0.15, -0.1) is 0 Å². The summed E-state index contributed by atoms with van der Waals surface area (Å²) in [4.78, 5) is 7.54. The molecule has 0 fully saturated rings. The zero-order chi connectivity index (χ0) is 13.2. The Balaban J connectivity index is 1.62. The van der Waals surface area contributed by atoms with Gasteiger partial charge in [0.05, 0.1) is 12.2 Å². The number of aromatic nitrogens is 2. The maximum absolute atomic E-state index is 5.53. The summed E-state index contributed by atoms with van der Waals surface area (Å²) in [7, 11) is 0. The second-order valence-corrected chi connectivity index (χ2v) is 4.75. The molecule has 0 bridgehead atoms. The van der Waals surface area contributed by atoms with Crippen molar-refractivity contribution in [2.24, 2.45) is 0 Å². The third kappa shape index (κ3) is 2.53. The average Bonchev–Trinajstić information content (AvgIpc) is 2.96. The van der Waals surface area contributed by atoms with Crippen molar-refractivity contribution in [1.29, 1.82) is 0 Å². The van der Waals surface area contributed by atoms with Crippen molar-refractivity contribution in [3.8, 4) is 0 Å². The van der Waals surface area contributed by atoms with Gasteiger partial charge >= 0.3 is 0 Å². The van der Waals surface area contributed by atoms with E-state index in [-0.39, 0.29) is 0 Å². The molecule has 2 N–H and O–H groups in total. The van der Waals surface area contributed by atoms with Crippen LogP contribution >= 0.6 is 0 Å². The molecular formula is C15H17N3O. The highest BCUT2D eigenvalue weighted by molar-refractivity contribution is 5.79. The number of oxazole rings is 1. The summed E-state index contributed by atoms with van der Waals surface area (Å²) in [5.74, 6) is 1.64. The minimum atomic E-state index is 0.653. The lowest BCUT2D eigenvalue weighted by atomic mass is 10.1. The van der Waals surface area contributed by atoms with Gasteiger partial charge in [0.25, 0.3) is 0 Å². The van der Waals surface area contributed by atoms with Crippen molar-refractivity contribution < 1.29 is 4.42 Å². The quantitative estimate of drug-likeness (QED) is 0.753. The van der Waals surface area contributed by atoms with Crippen LogP contribution in [0.25, 0.3) is 10.9 Å². The number of hydrogen-bond acceptors (Lipinski definition) is 3. The molecule has 0 aliphatic carbocycles. The number of aromatic amines is 1. The zero-order valence-electron chi connectivity index (χ0n) is 11.2. The van der Waals surface area contributed by atoms with Crippen LogP contribution in [-0.4, -0.2) is 9.97 Å². The first kappa shape index (κ1) is 12.0. The van der Waals surface area contributed by atoms with E-state index in [2.05, 4.69) is 39.6 Å². The number of nitrogens with one attached hydrogen (secondary N) is 2. The average molecular weight is 255 g/mol. The zero-order valence-corrected chi connectivity index (χ0v) is 11.2. The van der Waals surface area contributed by atoms with Gasteiger partial charge in [-0.3, -0.25) is 0 Å². The largest absolute Gasteiger partial charge is 0.444 e. The summed E-state index contributed by atoms with van der Waals surface area (Å²) in [6.07, 6.45) is 1.96. The summed E-state index contributed by atoms with van der Waals surface area (Å²) in [5.41, 5.74) is 3.39. The van der Waals surface area contributed by atoms with Crippen LogP contribution in [0.1, 0.15) is 22.9 Å². The molecule has 0 aliphatic rings. The molecule has 2 aromatic heterocycles. The molecule has 4 heteroatoms. The highest BCUT2D eigenvalue weighted by Crippen LogP contribution is 2.14. The van der Waals surface area contributed by atoms with E-state index in [9.17, 15) is 0 Å². The molecule has 0 saturated carbocycles. The first-order valence-corrected chi connectivity index (χ1v) is 6.42. The highest BCUT2D eigenvalue weighted by Gasteiger charge is 2.04. The van der Waals surface area contributed by atoms with Crippen LogP contribution in [0.5, 0.6) is 0 Å². The molecule has 2 heterocycles. The van der Waals surface area contributed by atoms with E-state index in [0.29, 0.717) is 6.54 Å².